The summed E-state index contributed by atoms with van der Waals surface area (Å²) in [5.74, 6) is 1.26. The molecule has 2 N–H and O–H groups in total. The first-order chi connectivity index (χ1) is 16.1. The molecule has 3 aromatic heterocycles. The van der Waals surface area contributed by atoms with E-state index < -0.39 is 0 Å². The third-order valence-corrected chi connectivity index (χ3v) is 6.36. The van der Waals surface area contributed by atoms with Gasteiger partial charge in [-0.15, -0.1) is 5.10 Å². The molecule has 4 aromatic rings. The number of furan rings is 1. The first-order valence-electron chi connectivity index (χ1n) is 11.4. The fraction of sp³-hybridized carbons (Fsp3) is 0.375. The number of nitrogens with zero attached hydrogens (tertiary/aromatic N) is 4. The summed E-state index contributed by atoms with van der Waals surface area (Å²) in [7, 11) is 0. The summed E-state index contributed by atoms with van der Waals surface area (Å²) in [5.41, 5.74) is 3.50. The number of carbonyl (C=O) groups excluding carboxylic acids is 1. The second-order valence-electron chi connectivity index (χ2n) is 8.80. The van der Waals surface area contributed by atoms with Gasteiger partial charge in [-0.2, -0.15) is 0 Å². The summed E-state index contributed by atoms with van der Waals surface area (Å²) >= 11 is 0. The molecule has 6 rings (SSSR count). The molecule has 0 unspecified atom stereocenters. The first-order valence-corrected chi connectivity index (χ1v) is 11.4. The van der Waals surface area contributed by atoms with E-state index in [2.05, 4.69) is 44.7 Å². The number of hydrogen-bond acceptors (Lipinski definition) is 7. The van der Waals surface area contributed by atoms with Crippen molar-refractivity contribution in [2.24, 2.45) is 0 Å². The second-order valence-corrected chi connectivity index (χ2v) is 8.80. The number of imidazole rings is 1. The number of anilines is 1. The van der Waals surface area contributed by atoms with Crippen molar-refractivity contribution in [3.63, 3.8) is 0 Å². The highest BCUT2D eigenvalue weighted by Crippen LogP contribution is 2.34. The van der Waals surface area contributed by atoms with E-state index in [9.17, 15) is 4.79 Å². The Morgan fingerprint density at radius 3 is 3.06 bits per heavy atom. The number of hydrogen-bond donors (Lipinski definition) is 2. The Hall–Kier alpha value is -3.59. The van der Waals surface area contributed by atoms with E-state index in [1.165, 1.54) is 5.69 Å². The molecule has 0 bridgehead atoms. The minimum absolute atomic E-state index is 0.0266. The summed E-state index contributed by atoms with van der Waals surface area (Å²) in [6, 6.07) is 12.4. The summed E-state index contributed by atoms with van der Waals surface area (Å²) in [6.07, 6.45) is 3.10. The Morgan fingerprint density at radius 1 is 1.27 bits per heavy atom. The normalized spacial score (nSPS) is 21.1. The van der Waals surface area contributed by atoms with Crippen molar-refractivity contribution >= 4 is 28.2 Å². The van der Waals surface area contributed by atoms with Gasteiger partial charge in [-0.05, 0) is 37.6 Å². The van der Waals surface area contributed by atoms with E-state index in [-0.39, 0.29) is 11.9 Å². The lowest BCUT2D eigenvalue weighted by Gasteiger charge is -2.33. The zero-order valence-corrected chi connectivity index (χ0v) is 18.5. The number of ether oxygens (including phenoxy) is 1. The minimum atomic E-state index is 0.0266. The van der Waals surface area contributed by atoms with Gasteiger partial charge in [-0.25, -0.2) is 9.50 Å². The molecule has 2 aliphatic rings. The van der Waals surface area contributed by atoms with E-state index in [0.717, 1.165) is 42.7 Å². The number of amides is 1. The summed E-state index contributed by atoms with van der Waals surface area (Å²) in [4.78, 5) is 18.3. The number of fused-ring (bicyclic) bond motifs is 2. The van der Waals surface area contributed by atoms with Crippen LogP contribution in [0.4, 0.5) is 5.69 Å². The molecular formula is C24H26N6O3. The molecule has 1 amide bonds. The molecule has 33 heavy (non-hydrogen) atoms. The van der Waals surface area contributed by atoms with Crippen LogP contribution in [0.1, 0.15) is 19.8 Å². The first kappa shape index (κ1) is 20.0. The van der Waals surface area contributed by atoms with Gasteiger partial charge in [0, 0.05) is 49.2 Å². The van der Waals surface area contributed by atoms with Crippen LogP contribution in [-0.2, 0) is 4.79 Å². The molecule has 2 atom stereocenters. The van der Waals surface area contributed by atoms with Gasteiger partial charge in [0.25, 0.3) is 0 Å². The number of aromatic nitrogens is 3. The standard InChI is InChI=1S/C24H26N6O3/c1-15-13-29(10-9-25-15)18-3-2-4-20-17(18)11-21(33-20)19-12-26-22-6-8-24(28-30(19)22)32-14-16-5-7-23(31)27-16/h2-4,6,8,11-12,15-16,25H,5,7,9-10,13-14H2,1H3,(H,27,31)/t15-,16+/m0/s1. The SMILES string of the molecule is C[C@H]1CN(c2cccc3oc(-c4cnc5ccc(OC[C@H]6CCC(=O)N6)nn45)cc23)CCN1. The Morgan fingerprint density at radius 2 is 2.21 bits per heavy atom. The van der Waals surface area contributed by atoms with Crippen LogP contribution in [0.25, 0.3) is 28.1 Å². The molecule has 0 aliphatic carbocycles. The molecule has 2 saturated heterocycles. The highest BCUT2D eigenvalue weighted by atomic mass is 16.5. The predicted octanol–water partition coefficient (Wildman–Crippen LogP) is 2.60. The third-order valence-electron chi connectivity index (χ3n) is 6.36. The number of rotatable bonds is 5. The van der Waals surface area contributed by atoms with Crippen LogP contribution in [-0.4, -0.2) is 58.8 Å². The average Bonchev–Trinajstić information content (AvgIpc) is 3.54. The molecule has 0 saturated carbocycles. The Balaban J connectivity index is 1.31. The number of carbonyl (C=O) groups is 1. The molecular weight excluding hydrogens is 420 g/mol. The van der Waals surface area contributed by atoms with E-state index in [1.54, 1.807) is 16.8 Å². The van der Waals surface area contributed by atoms with Crippen molar-refractivity contribution in [1.82, 2.24) is 25.2 Å². The quantitative estimate of drug-likeness (QED) is 0.486. The monoisotopic (exact) mass is 446 g/mol. The van der Waals surface area contributed by atoms with Gasteiger partial charge in [0.05, 0.1) is 12.2 Å². The summed E-state index contributed by atoms with van der Waals surface area (Å²) < 4.78 is 13.8. The zero-order valence-electron chi connectivity index (χ0n) is 18.5. The van der Waals surface area contributed by atoms with Crippen molar-refractivity contribution in [2.45, 2.75) is 31.8 Å². The van der Waals surface area contributed by atoms with Crippen molar-refractivity contribution in [1.29, 1.82) is 0 Å². The van der Waals surface area contributed by atoms with Crippen molar-refractivity contribution in [3.8, 4) is 17.3 Å². The number of benzene rings is 1. The molecule has 2 aliphatic heterocycles. The lowest BCUT2D eigenvalue weighted by molar-refractivity contribution is -0.119. The van der Waals surface area contributed by atoms with E-state index >= 15 is 0 Å². The van der Waals surface area contributed by atoms with Crippen LogP contribution in [0, 0.1) is 0 Å². The molecule has 9 nitrogen and oxygen atoms in total. The van der Waals surface area contributed by atoms with E-state index in [1.807, 2.05) is 18.2 Å². The van der Waals surface area contributed by atoms with Crippen LogP contribution in [0.15, 0.2) is 47.0 Å². The minimum Gasteiger partial charge on any atom is -0.474 e. The maximum atomic E-state index is 11.4. The van der Waals surface area contributed by atoms with E-state index in [0.29, 0.717) is 36.4 Å². The predicted molar refractivity (Wildman–Crippen MR) is 125 cm³/mol. The fourth-order valence-corrected chi connectivity index (χ4v) is 4.69. The molecule has 1 aromatic carbocycles. The number of piperazine rings is 1. The maximum Gasteiger partial charge on any atom is 0.231 e. The highest BCUT2D eigenvalue weighted by Gasteiger charge is 2.22. The van der Waals surface area contributed by atoms with Gasteiger partial charge in [0.15, 0.2) is 11.4 Å². The van der Waals surface area contributed by atoms with Crippen LogP contribution in [0.5, 0.6) is 5.88 Å². The molecule has 9 heteroatoms. The van der Waals surface area contributed by atoms with Gasteiger partial charge >= 0.3 is 0 Å². The Kier molecular flexibility index (Phi) is 4.91. The largest absolute Gasteiger partial charge is 0.474 e. The molecule has 170 valence electrons. The molecule has 0 spiro atoms. The van der Waals surface area contributed by atoms with Gasteiger partial charge in [0.2, 0.25) is 11.8 Å². The lowest BCUT2D eigenvalue weighted by Crippen LogP contribution is -2.49. The van der Waals surface area contributed by atoms with Crippen LogP contribution in [0.3, 0.4) is 0 Å². The third kappa shape index (κ3) is 3.78. The zero-order chi connectivity index (χ0) is 22.4. The van der Waals surface area contributed by atoms with Gasteiger partial charge in [-0.3, -0.25) is 4.79 Å². The van der Waals surface area contributed by atoms with Crippen molar-refractivity contribution < 1.29 is 13.9 Å². The highest BCUT2D eigenvalue weighted by molar-refractivity contribution is 5.94. The topological polar surface area (TPSA) is 96.9 Å². The Bertz CT molecular complexity index is 1330. The molecule has 5 heterocycles. The smallest absolute Gasteiger partial charge is 0.231 e. The average molecular weight is 447 g/mol. The van der Waals surface area contributed by atoms with Gasteiger partial charge in [0.1, 0.15) is 17.9 Å². The van der Waals surface area contributed by atoms with Crippen LogP contribution in [0.2, 0.25) is 0 Å². The summed E-state index contributed by atoms with van der Waals surface area (Å²) in [5, 5.41) is 12.1. The maximum absolute atomic E-state index is 11.4. The molecule has 2 fully saturated rings. The van der Waals surface area contributed by atoms with Crippen molar-refractivity contribution in [3.05, 3.63) is 42.6 Å². The molecule has 0 radical (unpaired) electrons. The lowest BCUT2D eigenvalue weighted by atomic mass is 10.1. The van der Waals surface area contributed by atoms with Gasteiger partial charge in [-0.1, -0.05) is 6.07 Å². The van der Waals surface area contributed by atoms with Crippen LogP contribution >= 0.6 is 0 Å². The fourth-order valence-electron chi connectivity index (χ4n) is 4.69. The van der Waals surface area contributed by atoms with Crippen LogP contribution < -0.4 is 20.3 Å². The van der Waals surface area contributed by atoms with Crippen molar-refractivity contribution in [2.75, 3.05) is 31.1 Å². The number of nitrogens with one attached hydrogen (secondary N) is 2. The summed E-state index contributed by atoms with van der Waals surface area (Å²) in [6.45, 7) is 5.48. The van der Waals surface area contributed by atoms with Gasteiger partial charge < -0.3 is 24.7 Å². The Labute approximate surface area is 190 Å². The van der Waals surface area contributed by atoms with E-state index in [4.69, 9.17) is 9.15 Å². The second kappa shape index (κ2) is 8.08.